The molecule has 4 aromatic rings. The Morgan fingerprint density at radius 2 is 1.77 bits per heavy atom. The maximum Gasteiger partial charge on any atom is 0.233 e. The van der Waals surface area contributed by atoms with Crippen LogP contribution in [0.15, 0.2) is 77.7 Å². The predicted molar refractivity (Wildman–Crippen MR) is 110 cm³/mol. The third-order valence-electron chi connectivity index (χ3n) is 5.23. The minimum atomic E-state index is 0.0623. The van der Waals surface area contributed by atoms with Crippen molar-refractivity contribution in [3.8, 4) is 22.6 Å². The Morgan fingerprint density at radius 1 is 1.00 bits per heavy atom. The SMILES string of the molecule is O=C(Cc1ccc(-c2ccccc2)cc1)N1CC(c2nc(-c3cnccn3)no2)C1. The van der Waals surface area contributed by atoms with E-state index in [1.807, 2.05) is 35.2 Å². The minimum absolute atomic E-state index is 0.0623. The number of aromatic nitrogens is 4. The summed E-state index contributed by atoms with van der Waals surface area (Å²) in [5.74, 6) is 1.12. The van der Waals surface area contributed by atoms with Crippen LogP contribution in [0.25, 0.3) is 22.6 Å². The minimum Gasteiger partial charge on any atom is -0.341 e. The Morgan fingerprint density at radius 3 is 2.50 bits per heavy atom. The molecule has 0 saturated carbocycles. The summed E-state index contributed by atoms with van der Waals surface area (Å²) in [7, 11) is 0. The van der Waals surface area contributed by atoms with Crippen molar-refractivity contribution in [1.82, 2.24) is 25.0 Å². The molecule has 5 rings (SSSR count). The van der Waals surface area contributed by atoms with Crippen LogP contribution in [0.4, 0.5) is 0 Å². The fourth-order valence-electron chi connectivity index (χ4n) is 3.49. The molecule has 0 N–H and O–H groups in total. The third-order valence-corrected chi connectivity index (χ3v) is 5.23. The van der Waals surface area contributed by atoms with E-state index in [4.69, 9.17) is 4.52 Å². The normalized spacial score (nSPS) is 13.8. The fourth-order valence-corrected chi connectivity index (χ4v) is 3.49. The average molecular weight is 397 g/mol. The van der Waals surface area contributed by atoms with Gasteiger partial charge < -0.3 is 9.42 Å². The van der Waals surface area contributed by atoms with Gasteiger partial charge in [0, 0.05) is 25.5 Å². The Kier molecular flexibility index (Phi) is 4.77. The first kappa shape index (κ1) is 18.2. The zero-order valence-electron chi connectivity index (χ0n) is 16.2. The first-order valence-electron chi connectivity index (χ1n) is 9.78. The predicted octanol–water partition coefficient (Wildman–Crippen LogP) is 3.36. The molecule has 0 radical (unpaired) electrons. The molecule has 0 unspecified atom stereocenters. The van der Waals surface area contributed by atoms with Crippen LogP contribution < -0.4 is 0 Å². The molecule has 0 atom stereocenters. The summed E-state index contributed by atoms with van der Waals surface area (Å²) in [5.41, 5.74) is 3.89. The molecule has 3 heterocycles. The van der Waals surface area contributed by atoms with E-state index in [0.717, 1.165) is 11.1 Å². The van der Waals surface area contributed by atoms with E-state index in [1.54, 1.807) is 18.6 Å². The van der Waals surface area contributed by atoms with Crippen LogP contribution in [0, 0.1) is 0 Å². The first-order valence-corrected chi connectivity index (χ1v) is 9.78. The lowest BCUT2D eigenvalue weighted by molar-refractivity contribution is -0.135. The highest BCUT2D eigenvalue weighted by atomic mass is 16.5. The summed E-state index contributed by atoms with van der Waals surface area (Å²) in [6.07, 6.45) is 5.15. The summed E-state index contributed by atoms with van der Waals surface area (Å²) in [6.45, 7) is 1.17. The highest BCUT2D eigenvalue weighted by Gasteiger charge is 2.35. The molecule has 7 heteroatoms. The van der Waals surface area contributed by atoms with Gasteiger partial charge in [-0.3, -0.25) is 9.78 Å². The van der Waals surface area contributed by atoms with Crippen molar-refractivity contribution in [3.05, 3.63) is 84.6 Å². The number of benzene rings is 2. The largest absolute Gasteiger partial charge is 0.341 e. The van der Waals surface area contributed by atoms with Crippen molar-refractivity contribution in [2.75, 3.05) is 13.1 Å². The van der Waals surface area contributed by atoms with Crippen molar-refractivity contribution in [2.24, 2.45) is 0 Å². The number of carbonyl (C=O) groups excluding carboxylic acids is 1. The van der Waals surface area contributed by atoms with Gasteiger partial charge in [-0.2, -0.15) is 4.98 Å². The molecule has 30 heavy (non-hydrogen) atoms. The van der Waals surface area contributed by atoms with Gasteiger partial charge in [-0.1, -0.05) is 59.8 Å². The summed E-state index contributed by atoms with van der Waals surface area (Å²) in [4.78, 5) is 27.0. The van der Waals surface area contributed by atoms with E-state index in [0.29, 0.717) is 36.9 Å². The monoisotopic (exact) mass is 397 g/mol. The Labute approximate surface area is 173 Å². The Hall–Kier alpha value is -3.87. The van der Waals surface area contributed by atoms with Crippen molar-refractivity contribution < 1.29 is 9.32 Å². The zero-order valence-corrected chi connectivity index (χ0v) is 16.2. The second-order valence-corrected chi connectivity index (χ2v) is 7.28. The topological polar surface area (TPSA) is 85.0 Å². The standard InChI is InChI=1S/C23H19N5O2/c29-21(12-16-6-8-18(9-7-16)17-4-2-1-3-5-17)28-14-19(15-28)23-26-22(27-30-23)20-13-24-10-11-25-20/h1-11,13,19H,12,14-15H2. The van der Waals surface area contributed by atoms with Crippen LogP contribution in [-0.2, 0) is 11.2 Å². The van der Waals surface area contributed by atoms with E-state index in [9.17, 15) is 4.79 Å². The lowest BCUT2D eigenvalue weighted by Gasteiger charge is -2.37. The van der Waals surface area contributed by atoms with Crippen LogP contribution in [-0.4, -0.2) is 44.0 Å². The highest BCUT2D eigenvalue weighted by molar-refractivity contribution is 5.80. The van der Waals surface area contributed by atoms with Gasteiger partial charge in [0.1, 0.15) is 5.69 Å². The number of hydrogen-bond acceptors (Lipinski definition) is 6. The number of likely N-dealkylation sites (tertiary alicyclic amines) is 1. The molecule has 1 aliphatic rings. The van der Waals surface area contributed by atoms with Crippen molar-refractivity contribution >= 4 is 5.91 Å². The number of carbonyl (C=O) groups is 1. The van der Waals surface area contributed by atoms with Crippen LogP contribution in [0.5, 0.6) is 0 Å². The summed E-state index contributed by atoms with van der Waals surface area (Å²) >= 11 is 0. The van der Waals surface area contributed by atoms with Gasteiger partial charge in [0.05, 0.1) is 18.5 Å². The Bertz CT molecular complexity index is 1140. The second kappa shape index (κ2) is 7.87. The molecule has 1 amide bonds. The smallest absolute Gasteiger partial charge is 0.233 e. The van der Waals surface area contributed by atoms with Gasteiger partial charge in [0.15, 0.2) is 0 Å². The van der Waals surface area contributed by atoms with E-state index in [2.05, 4.69) is 44.4 Å². The van der Waals surface area contributed by atoms with Gasteiger partial charge in [-0.05, 0) is 16.7 Å². The van der Waals surface area contributed by atoms with Gasteiger partial charge >= 0.3 is 0 Å². The maximum absolute atomic E-state index is 12.6. The van der Waals surface area contributed by atoms with Gasteiger partial charge in [0.25, 0.3) is 0 Å². The average Bonchev–Trinajstić information content (AvgIpc) is 3.24. The zero-order chi connectivity index (χ0) is 20.3. The molecular formula is C23H19N5O2. The molecule has 2 aromatic heterocycles. The highest BCUT2D eigenvalue weighted by Crippen LogP contribution is 2.28. The molecule has 0 spiro atoms. The quantitative estimate of drug-likeness (QED) is 0.513. The van der Waals surface area contributed by atoms with E-state index in [1.165, 1.54) is 5.56 Å². The van der Waals surface area contributed by atoms with E-state index >= 15 is 0 Å². The molecule has 148 valence electrons. The maximum atomic E-state index is 12.6. The lowest BCUT2D eigenvalue weighted by Crippen LogP contribution is -2.49. The number of nitrogens with zero attached hydrogens (tertiary/aromatic N) is 5. The number of rotatable bonds is 5. The van der Waals surface area contributed by atoms with Crippen molar-refractivity contribution in [2.45, 2.75) is 12.3 Å². The summed E-state index contributed by atoms with van der Waals surface area (Å²) in [5, 5.41) is 3.97. The van der Waals surface area contributed by atoms with Gasteiger partial charge in [-0.15, -0.1) is 0 Å². The molecule has 2 aromatic carbocycles. The van der Waals surface area contributed by atoms with Crippen LogP contribution in [0.3, 0.4) is 0 Å². The molecule has 1 aliphatic heterocycles. The van der Waals surface area contributed by atoms with E-state index < -0.39 is 0 Å². The molecular weight excluding hydrogens is 378 g/mol. The molecule has 1 fully saturated rings. The molecule has 1 saturated heterocycles. The van der Waals surface area contributed by atoms with Crippen LogP contribution in [0.2, 0.25) is 0 Å². The second-order valence-electron chi connectivity index (χ2n) is 7.28. The van der Waals surface area contributed by atoms with Crippen LogP contribution >= 0.6 is 0 Å². The van der Waals surface area contributed by atoms with Crippen molar-refractivity contribution in [3.63, 3.8) is 0 Å². The van der Waals surface area contributed by atoms with Gasteiger partial charge in [0.2, 0.25) is 17.6 Å². The van der Waals surface area contributed by atoms with Crippen molar-refractivity contribution in [1.29, 1.82) is 0 Å². The van der Waals surface area contributed by atoms with Gasteiger partial charge in [-0.25, -0.2) is 4.98 Å². The molecule has 7 nitrogen and oxygen atoms in total. The lowest BCUT2D eigenvalue weighted by atomic mass is 9.98. The molecule has 0 bridgehead atoms. The number of amides is 1. The fraction of sp³-hybridized carbons (Fsp3) is 0.174. The summed E-state index contributed by atoms with van der Waals surface area (Å²) < 4.78 is 5.36. The number of hydrogen-bond donors (Lipinski definition) is 0. The third kappa shape index (κ3) is 3.69. The summed E-state index contributed by atoms with van der Waals surface area (Å²) in [6, 6.07) is 18.3. The van der Waals surface area contributed by atoms with E-state index in [-0.39, 0.29) is 11.8 Å². The first-order chi connectivity index (χ1) is 14.8. The Balaban J connectivity index is 1.17. The molecule has 0 aliphatic carbocycles. The van der Waals surface area contributed by atoms with Crippen LogP contribution in [0.1, 0.15) is 17.4 Å².